The standard InChI is InChI=1S/C30H32FN7O2S/c1-41(39,40)13-3-6-28-20-38(35-33-28)34-27-8-10-30-25(15-27)17-32-21-37(30)29-9-7-24-19-36(12-11-23(24)16-29)18-22-4-2-5-26(31)14-22/h2,4-5,7-10,14-17,20,34H,3,6,11-13,18-19,21H2,1H3. The lowest BCUT2D eigenvalue weighted by atomic mass is 9.98. The average Bonchev–Trinajstić information content (AvgIpc) is 3.38. The van der Waals surface area contributed by atoms with E-state index in [0.29, 0.717) is 19.5 Å². The van der Waals surface area contributed by atoms with Crippen molar-refractivity contribution < 1.29 is 12.8 Å². The molecule has 3 heterocycles. The number of rotatable bonds is 9. The van der Waals surface area contributed by atoms with Crippen LogP contribution in [0.15, 0.2) is 71.9 Å². The number of anilines is 3. The Morgan fingerprint density at radius 1 is 1.05 bits per heavy atom. The molecule has 2 aliphatic rings. The number of fused-ring (bicyclic) bond motifs is 2. The van der Waals surface area contributed by atoms with E-state index in [2.05, 4.69) is 54.8 Å². The summed E-state index contributed by atoms with van der Waals surface area (Å²) in [4.78, 5) is 10.7. The van der Waals surface area contributed by atoms with Crippen molar-refractivity contribution in [3.63, 3.8) is 0 Å². The van der Waals surface area contributed by atoms with Crippen LogP contribution in [0.1, 0.15) is 34.4 Å². The molecule has 3 aromatic carbocycles. The number of benzene rings is 3. The number of hydrogen-bond acceptors (Lipinski definition) is 8. The molecule has 0 atom stereocenters. The molecule has 0 saturated carbocycles. The molecule has 212 valence electrons. The van der Waals surface area contributed by atoms with E-state index in [1.54, 1.807) is 18.3 Å². The summed E-state index contributed by atoms with van der Waals surface area (Å²) in [6, 6.07) is 19.6. The van der Waals surface area contributed by atoms with Crippen LogP contribution < -0.4 is 10.3 Å². The first-order valence-electron chi connectivity index (χ1n) is 13.7. The third-order valence-corrected chi connectivity index (χ3v) is 8.42. The van der Waals surface area contributed by atoms with Crippen LogP contribution >= 0.6 is 0 Å². The normalized spacial score (nSPS) is 15.0. The van der Waals surface area contributed by atoms with Crippen molar-refractivity contribution in [2.24, 2.45) is 4.99 Å². The van der Waals surface area contributed by atoms with Gasteiger partial charge in [0, 0.05) is 43.4 Å². The Balaban J connectivity index is 1.12. The van der Waals surface area contributed by atoms with Gasteiger partial charge in [0.15, 0.2) is 0 Å². The van der Waals surface area contributed by atoms with E-state index in [4.69, 9.17) is 0 Å². The highest BCUT2D eigenvalue weighted by Crippen LogP contribution is 2.34. The Morgan fingerprint density at radius 2 is 1.95 bits per heavy atom. The Bertz CT molecular complexity index is 1700. The minimum Gasteiger partial charge on any atom is -0.321 e. The van der Waals surface area contributed by atoms with Gasteiger partial charge in [0.05, 0.1) is 29.0 Å². The van der Waals surface area contributed by atoms with Crippen LogP contribution in [-0.4, -0.2) is 59.9 Å². The molecule has 1 aromatic heterocycles. The number of aryl methyl sites for hydroxylation is 1. The maximum absolute atomic E-state index is 13.6. The smallest absolute Gasteiger partial charge is 0.147 e. The van der Waals surface area contributed by atoms with Crippen LogP contribution in [0.3, 0.4) is 0 Å². The van der Waals surface area contributed by atoms with Crippen LogP contribution in [0.25, 0.3) is 0 Å². The van der Waals surface area contributed by atoms with E-state index in [-0.39, 0.29) is 11.6 Å². The van der Waals surface area contributed by atoms with E-state index in [9.17, 15) is 12.8 Å². The molecule has 0 bridgehead atoms. The summed E-state index contributed by atoms with van der Waals surface area (Å²) in [5, 5.41) is 8.25. The van der Waals surface area contributed by atoms with Gasteiger partial charge < -0.3 is 4.90 Å². The zero-order chi connectivity index (χ0) is 28.4. The molecule has 1 N–H and O–H groups in total. The van der Waals surface area contributed by atoms with E-state index < -0.39 is 9.84 Å². The maximum atomic E-state index is 13.6. The predicted molar refractivity (Wildman–Crippen MR) is 159 cm³/mol. The van der Waals surface area contributed by atoms with Crippen LogP contribution in [0.4, 0.5) is 21.5 Å². The van der Waals surface area contributed by atoms with Crippen molar-refractivity contribution in [2.75, 3.05) is 35.5 Å². The van der Waals surface area contributed by atoms with Gasteiger partial charge in [-0.15, -0.1) is 5.10 Å². The zero-order valence-corrected chi connectivity index (χ0v) is 23.7. The van der Waals surface area contributed by atoms with E-state index in [1.165, 1.54) is 28.2 Å². The topological polar surface area (TPSA) is 95.7 Å². The van der Waals surface area contributed by atoms with Crippen LogP contribution in [0.5, 0.6) is 0 Å². The summed E-state index contributed by atoms with van der Waals surface area (Å²) >= 11 is 0. The fourth-order valence-electron chi connectivity index (χ4n) is 5.40. The minimum atomic E-state index is -2.99. The number of sulfone groups is 1. The summed E-state index contributed by atoms with van der Waals surface area (Å²) in [6.07, 6.45) is 6.90. The molecule has 0 amide bonds. The lowest BCUT2D eigenvalue weighted by Gasteiger charge is -2.32. The Morgan fingerprint density at radius 3 is 2.80 bits per heavy atom. The largest absolute Gasteiger partial charge is 0.321 e. The second kappa shape index (κ2) is 11.4. The summed E-state index contributed by atoms with van der Waals surface area (Å²) in [5.74, 6) is -0.0591. The summed E-state index contributed by atoms with van der Waals surface area (Å²) in [7, 11) is -2.99. The molecule has 41 heavy (non-hydrogen) atoms. The summed E-state index contributed by atoms with van der Waals surface area (Å²) in [5.41, 5.74) is 11.6. The fourth-order valence-corrected chi connectivity index (χ4v) is 6.07. The molecule has 0 fully saturated rings. The molecular weight excluding hydrogens is 541 g/mol. The number of nitrogens with one attached hydrogen (secondary N) is 1. The van der Waals surface area contributed by atoms with Gasteiger partial charge in [-0.2, -0.15) is 4.79 Å². The second-order valence-corrected chi connectivity index (χ2v) is 13.0. The first-order valence-corrected chi connectivity index (χ1v) is 15.7. The lowest BCUT2D eigenvalue weighted by molar-refractivity contribution is 0.245. The van der Waals surface area contributed by atoms with Gasteiger partial charge in [-0.25, -0.2) is 12.8 Å². The lowest BCUT2D eigenvalue weighted by Crippen LogP contribution is -2.30. The molecule has 2 aliphatic heterocycles. The molecular formula is C30H32FN7O2S. The van der Waals surface area contributed by atoms with E-state index >= 15 is 0 Å². The molecule has 9 nitrogen and oxygen atoms in total. The average molecular weight is 574 g/mol. The van der Waals surface area contributed by atoms with Crippen molar-refractivity contribution in [2.45, 2.75) is 32.4 Å². The first kappa shape index (κ1) is 27.1. The van der Waals surface area contributed by atoms with Gasteiger partial charge in [-0.3, -0.25) is 15.3 Å². The predicted octanol–water partition coefficient (Wildman–Crippen LogP) is 4.36. The van der Waals surface area contributed by atoms with Gasteiger partial charge in [-0.05, 0) is 83.6 Å². The highest BCUT2D eigenvalue weighted by molar-refractivity contribution is 7.90. The maximum Gasteiger partial charge on any atom is 0.147 e. The Hall–Kier alpha value is -4.09. The number of halogens is 1. The summed E-state index contributed by atoms with van der Waals surface area (Å²) < 4.78 is 36.3. The number of nitrogens with zero attached hydrogens (tertiary/aromatic N) is 6. The first-order chi connectivity index (χ1) is 19.8. The van der Waals surface area contributed by atoms with E-state index in [0.717, 1.165) is 59.9 Å². The SMILES string of the molecule is CS(=O)(=O)CCCc1cn(Nc2ccc3c(c2)C=NCN3c2ccc3c(c2)CCN(Cc2cccc(F)c2)C3)nn1. The second-order valence-electron chi connectivity index (χ2n) is 10.7. The van der Waals surface area contributed by atoms with Crippen molar-refractivity contribution in [1.29, 1.82) is 0 Å². The van der Waals surface area contributed by atoms with Crippen LogP contribution in [-0.2, 0) is 35.8 Å². The number of aromatic nitrogens is 3. The zero-order valence-electron chi connectivity index (χ0n) is 22.9. The number of aliphatic imine (C=N–C) groups is 1. The van der Waals surface area contributed by atoms with Crippen LogP contribution in [0.2, 0.25) is 0 Å². The van der Waals surface area contributed by atoms with Gasteiger partial charge >= 0.3 is 0 Å². The molecule has 0 radical (unpaired) electrons. The third-order valence-electron chi connectivity index (χ3n) is 7.39. The van der Waals surface area contributed by atoms with Crippen molar-refractivity contribution >= 4 is 33.1 Å². The van der Waals surface area contributed by atoms with Gasteiger partial charge in [-0.1, -0.05) is 18.2 Å². The van der Waals surface area contributed by atoms with Gasteiger partial charge in [0.25, 0.3) is 0 Å². The molecule has 0 aliphatic carbocycles. The van der Waals surface area contributed by atoms with Gasteiger partial charge in [0.1, 0.15) is 22.3 Å². The Kier molecular flexibility index (Phi) is 7.55. The molecule has 0 unspecified atom stereocenters. The van der Waals surface area contributed by atoms with Gasteiger partial charge in [0.2, 0.25) is 0 Å². The molecule has 0 spiro atoms. The molecule has 0 saturated heterocycles. The fraction of sp³-hybridized carbons (Fsp3) is 0.300. The number of hydrogen-bond donors (Lipinski definition) is 1. The quantitative estimate of drug-likeness (QED) is 0.318. The highest BCUT2D eigenvalue weighted by atomic mass is 32.2. The van der Waals surface area contributed by atoms with Crippen molar-refractivity contribution in [3.8, 4) is 0 Å². The highest BCUT2D eigenvalue weighted by Gasteiger charge is 2.21. The Labute approximate surface area is 239 Å². The van der Waals surface area contributed by atoms with Crippen molar-refractivity contribution in [1.82, 2.24) is 20.0 Å². The summed E-state index contributed by atoms with van der Waals surface area (Å²) in [6.45, 7) is 3.06. The van der Waals surface area contributed by atoms with Crippen LogP contribution in [0, 0.1) is 5.82 Å². The monoisotopic (exact) mass is 573 g/mol. The molecule has 11 heteroatoms. The molecule has 6 rings (SSSR count). The van der Waals surface area contributed by atoms with Crippen molar-refractivity contribution in [3.05, 3.63) is 101 Å². The van der Waals surface area contributed by atoms with E-state index in [1.807, 2.05) is 24.4 Å². The third kappa shape index (κ3) is 6.63. The minimum absolute atomic E-state index is 0.132. The molecule has 4 aromatic rings.